The summed E-state index contributed by atoms with van der Waals surface area (Å²) in [6.07, 6.45) is 5.36. The number of carbonyl (C=O) groups excluding carboxylic acids is 1. The Balaban J connectivity index is 1.72. The summed E-state index contributed by atoms with van der Waals surface area (Å²) in [5, 5.41) is 22.6. The molecule has 162 valence electrons. The van der Waals surface area contributed by atoms with Crippen molar-refractivity contribution in [3.8, 4) is 11.8 Å². The van der Waals surface area contributed by atoms with E-state index in [2.05, 4.69) is 22.4 Å². The molecule has 0 saturated heterocycles. The second kappa shape index (κ2) is 8.69. The average Bonchev–Trinajstić information content (AvgIpc) is 3.46. The highest BCUT2D eigenvalue weighted by Gasteiger charge is 2.21. The minimum Gasteiger partial charge on any atom is -0.396 e. The van der Waals surface area contributed by atoms with Crippen LogP contribution in [-0.4, -0.2) is 38.3 Å². The highest BCUT2D eigenvalue weighted by molar-refractivity contribution is 5.99. The van der Waals surface area contributed by atoms with Crippen molar-refractivity contribution in [1.82, 2.24) is 19.4 Å². The van der Waals surface area contributed by atoms with Crippen molar-refractivity contribution < 1.29 is 9.90 Å². The minimum absolute atomic E-state index is 0.0250. The lowest BCUT2D eigenvalue weighted by Gasteiger charge is -2.22. The lowest BCUT2D eigenvalue weighted by Crippen LogP contribution is -2.36. The van der Waals surface area contributed by atoms with Gasteiger partial charge in [0.05, 0.1) is 18.0 Å². The van der Waals surface area contributed by atoms with Gasteiger partial charge in [0.2, 0.25) is 0 Å². The molecular weight excluding hydrogens is 402 g/mol. The van der Waals surface area contributed by atoms with Crippen LogP contribution in [0.3, 0.4) is 0 Å². The fourth-order valence-electron chi connectivity index (χ4n) is 3.57. The summed E-state index contributed by atoms with van der Waals surface area (Å²) in [5.41, 5.74) is 3.53. The predicted molar refractivity (Wildman–Crippen MR) is 123 cm³/mol. The van der Waals surface area contributed by atoms with Gasteiger partial charge in [-0.1, -0.05) is 26.0 Å². The van der Waals surface area contributed by atoms with Gasteiger partial charge in [0.25, 0.3) is 5.91 Å². The van der Waals surface area contributed by atoms with E-state index >= 15 is 0 Å². The van der Waals surface area contributed by atoms with Crippen LogP contribution in [0.4, 0.5) is 0 Å². The molecule has 0 bridgehead atoms. The van der Waals surface area contributed by atoms with Gasteiger partial charge in [-0.15, -0.1) is 0 Å². The first-order chi connectivity index (χ1) is 15.4. The molecule has 0 aliphatic heterocycles. The zero-order valence-electron chi connectivity index (χ0n) is 18.1. The minimum atomic E-state index is -0.417. The Morgan fingerprint density at radius 2 is 2.06 bits per heavy atom. The van der Waals surface area contributed by atoms with Gasteiger partial charge in [-0.25, -0.2) is 4.98 Å². The van der Waals surface area contributed by atoms with Crippen molar-refractivity contribution in [2.75, 3.05) is 13.2 Å². The van der Waals surface area contributed by atoms with Crippen LogP contribution in [0.5, 0.6) is 0 Å². The second-order valence-corrected chi connectivity index (χ2v) is 8.65. The first-order valence-corrected chi connectivity index (χ1v) is 10.4. The van der Waals surface area contributed by atoms with E-state index in [-0.39, 0.29) is 12.5 Å². The molecule has 0 saturated carbocycles. The maximum Gasteiger partial charge on any atom is 0.267 e. The number of nitrogens with zero attached hydrogens (tertiary/aromatic N) is 4. The first-order valence-electron chi connectivity index (χ1n) is 10.4. The van der Waals surface area contributed by atoms with E-state index in [1.54, 1.807) is 24.7 Å². The molecule has 32 heavy (non-hydrogen) atoms. The number of aliphatic hydroxyl groups excluding tert-OH is 1. The van der Waals surface area contributed by atoms with E-state index in [1.807, 2.05) is 59.5 Å². The Morgan fingerprint density at radius 1 is 1.22 bits per heavy atom. The van der Waals surface area contributed by atoms with Gasteiger partial charge < -0.3 is 19.6 Å². The number of amides is 1. The lowest BCUT2D eigenvalue weighted by molar-refractivity contribution is 0.0903. The molecule has 2 heterocycles. The fraction of sp³-hybridized carbons (Fsp3) is 0.240. The van der Waals surface area contributed by atoms with Crippen LogP contribution in [0.1, 0.15) is 35.5 Å². The molecule has 0 aliphatic carbocycles. The third kappa shape index (κ3) is 4.41. The van der Waals surface area contributed by atoms with E-state index < -0.39 is 5.41 Å². The molecule has 2 aromatic heterocycles. The van der Waals surface area contributed by atoms with Crippen LogP contribution in [0, 0.1) is 16.7 Å². The van der Waals surface area contributed by atoms with Crippen molar-refractivity contribution >= 4 is 16.8 Å². The zero-order chi connectivity index (χ0) is 22.7. The Morgan fingerprint density at radius 3 is 2.78 bits per heavy atom. The van der Waals surface area contributed by atoms with Crippen molar-refractivity contribution in [1.29, 1.82) is 5.26 Å². The number of hydrogen-bond acceptors (Lipinski definition) is 4. The zero-order valence-corrected chi connectivity index (χ0v) is 18.1. The summed E-state index contributed by atoms with van der Waals surface area (Å²) in [7, 11) is 0. The third-order valence-corrected chi connectivity index (χ3v) is 5.47. The largest absolute Gasteiger partial charge is 0.396 e. The molecule has 4 aromatic rings. The molecule has 0 spiro atoms. The number of hydrogen-bond donors (Lipinski definition) is 2. The molecule has 0 radical (unpaired) electrons. The number of fused-ring (bicyclic) bond motifs is 1. The highest BCUT2D eigenvalue weighted by Crippen LogP contribution is 2.24. The molecule has 2 N–H and O–H groups in total. The molecule has 0 atom stereocenters. The van der Waals surface area contributed by atoms with Crippen LogP contribution >= 0.6 is 0 Å². The van der Waals surface area contributed by atoms with Crippen LogP contribution in [0.15, 0.2) is 67.3 Å². The van der Waals surface area contributed by atoms with Crippen molar-refractivity contribution in [2.24, 2.45) is 5.41 Å². The number of aromatic nitrogens is 3. The summed E-state index contributed by atoms with van der Waals surface area (Å²) in [5.74, 6) is -0.216. The quantitative estimate of drug-likeness (QED) is 0.472. The SMILES string of the molecule is CC(C)(CO)CNC(=O)c1cc2cc(C#N)ccc2n1Cc1cccc(-n2ccnc2)c1. The Labute approximate surface area is 186 Å². The standard InChI is InChI=1S/C25H25N5O2/c1-25(2,16-31)15-28-24(32)23-12-20-10-18(13-26)6-7-22(20)30(23)14-19-4-3-5-21(11-19)29-9-8-27-17-29/h3-12,17,31H,14-16H2,1-2H3,(H,28,32). The topological polar surface area (TPSA) is 95.9 Å². The number of benzene rings is 2. The van der Waals surface area contributed by atoms with Crippen molar-refractivity contribution in [3.63, 3.8) is 0 Å². The Kier molecular flexibility index (Phi) is 5.80. The molecule has 2 aromatic carbocycles. The number of aliphatic hydroxyl groups is 1. The maximum atomic E-state index is 13.1. The summed E-state index contributed by atoms with van der Waals surface area (Å²) < 4.78 is 3.89. The smallest absolute Gasteiger partial charge is 0.267 e. The van der Waals surface area contributed by atoms with Gasteiger partial charge in [-0.05, 0) is 42.0 Å². The predicted octanol–water partition coefficient (Wildman–Crippen LogP) is 3.50. The van der Waals surface area contributed by atoms with Crippen LogP contribution in [0.25, 0.3) is 16.6 Å². The molecule has 1 amide bonds. The molecule has 0 fully saturated rings. The monoisotopic (exact) mass is 427 g/mol. The third-order valence-electron chi connectivity index (χ3n) is 5.47. The molecule has 7 heteroatoms. The summed E-state index contributed by atoms with van der Waals surface area (Å²) in [4.78, 5) is 17.2. The van der Waals surface area contributed by atoms with Crippen LogP contribution < -0.4 is 5.32 Å². The molecule has 0 unspecified atom stereocenters. The van der Waals surface area contributed by atoms with Gasteiger partial charge >= 0.3 is 0 Å². The van der Waals surface area contributed by atoms with E-state index in [4.69, 9.17) is 0 Å². The van der Waals surface area contributed by atoms with Crippen molar-refractivity contribution in [3.05, 3.63) is 84.1 Å². The second-order valence-electron chi connectivity index (χ2n) is 8.65. The summed E-state index contributed by atoms with van der Waals surface area (Å²) in [6.45, 7) is 4.60. The van der Waals surface area contributed by atoms with Gasteiger partial charge in [0, 0.05) is 54.1 Å². The van der Waals surface area contributed by atoms with E-state index in [0.29, 0.717) is 24.3 Å². The Bertz CT molecular complexity index is 1300. The molecule has 7 nitrogen and oxygen atoms in total. The number of nitrogens with one attached hydrogen (secondary N) is 1. The Hall–Kier alpha value is -3.89. The number of carbonyl (C=O) groups is 1. The fourth-order valence-corrected chi connectivity index (χ4v) is 3.57. The van der Waals surface area contributed by atoms with E-state index in [0.717, 1.165) is 22.2 Å². The van der Waals surface area contributed by atoms with Gasteiger partial charge in [0.15, 0.2) is 0 Å². The number of imidazole rings is 1. The normalized spacial score (nSPS) is 11.4. The van der Waals surface area contributed by atoms with Crippen molar-refractivity contribution in [2.45, 2.75) is 20.4 Å². The highest BCUT2D eigenvalue weighted by atomic mass is 16.3. The van der Waals surface area contributed by atoms with Gasteiger partial charge in [0.1, 0.15) is 5.69 Å². The van der Waals surface area contributed by atoms with E-state index in [9.17, 15) is 15.2 Å². The van der Waals surface area contributed by atoms with Gasteiger partial charge in [-0.2, -0.15) is 5.26 Å². The van der Waals surface area contributed by atoms with Crippen LogP contribution in [-0.2, 0) is 6.54 Å². The molecule has 4 rings (SSSR count). The van der Waals surface area contributed by atoms with E-state index in [1.165, 1.54) is 0 Å². The molecule has 0 aliphatic rings. The van der Waals surface area contributed by atoms with Gasteiger partial charge in [-0.3, -0.25) is 4.79 Å². The first kappa shape index (κ1) is 21.3. The lowest BCUT2D eigenvalue weighted by atomic mass is 9.95. The number of nitriles is 1. The number of rotatable bonds is 7. The van der Waals surface area contributed by atoms with Crippen LogP contribution in [0.2, 0.25) is 0 Å². The summed E-state index contributed by atoms with van der Waals surface area (Å²) in [6, 6.07) is 17.5. The molecular formula is C25H25N5O2. The average molecular weight is 428 g/mol. The summed E-state index contributed by atoms with van der Waals surface area (Å²) >= 11 is 0. The maximum absolute atomic E-state index is 13.1.